The summed E-state index contributed by atoms with van der Waals surface area (Å²) < 4.78 is 5.28. The number of nitrogens with zero attached hydrogens (tertiary/aromatic N) is 1. The summed E-state index contributed by atoms with van der Waals surface area (Å²) in [7, 11) is 1.69. The number of likely N-dealkylation sites (tertiary alicyclic amines) is 1. The van der Waals surface area contributed by atoms with Crippen molar-refractivity contribution in [2.24, 2.45) is 11.3 Å². The van der Waals surface area contributed by atoms with Crippen LogP contribution in [0.2, 0.25) is 0 Å². The summed E-state index contributed by atoms with van der Waals surface area (Å²) in [6, 6.07) is 0. The smallest absolute Gasteiger partial charge is 0.232 e. The molecule has 1 amide bonds. The van der Waals surface area contributed by atoms with Gasteiger partial charge in [0.05, 0.1) is 12.0 Å². The highest BCUT2D eigenvalue weighted by molar-refractivity contribution is 5.84. The van der Waals surface area contributed by atoms with Crippen molar-refractivity contribution in [2.45, 2.75) is 26.2 Å². The second-order valence-corrected chi connectivity index (χ2v) is 5.45. The zero-order chi connectivity index (χ0) is 12.3. The van der Waals surface area contributed by atoms with Gasteiger partial charge in [-0.1, -0.05) is 13.3 Å². The van der Waals surface area contributed by atoms with Crippen LogP contribution in [0.3, 0.4) is 0 Å². The van der Waals surface area contributed by atoms with Crippen LogP contribution in [0.1, 0.15) is 26.2 Å². The van der Waals surface area contributed by atoms with Gasteiger partial charge < -0.3 is 15.0 Å². The number of methoxy groups -OCH3 is 1. The number of carbonyl (C=O) groups excluding carboxylic acids is 1. The molecular weight excluding hydrogens is 216 g/mol. The van der Waals surface area contributed by atoms with Crippen molar-refractivity contribution in [3.63, 3.8) is 0 Å². The highest BCUT2D eigenvalue weighted by Gasteiger charge is 2.44. The number of nitrogens with one attached hydrogen (secondary N) is 1. The predicted molar refractivity (Wildman–Crippen MR) is 66.8 cm³/mol. The van der Waals surface area contributed by atoms with Crippen molar-refractivity contribution in [3.05, 3.63) is 0 Å². The molecule has 1 N–H and O–H groups in total. The SMILES string of the molecule is CCC1CCN(C(=O)C2(COC)CCNC2)C1. The fourth-order valence-corrected chi connectivity index (χ4v) is 3.07. The molecule has 0 spiro atoms. The lowest BCUT2D eigenvalue weighted by molar-refractivity contribution is -0.143. The molecule has 2 rings (SSSR count). The van der Waals surface area contributed by atoms with Crippen molar-refractivity contribution in [1.82, 2.24) is 10.2 Å². The molecule has 2 atom stereocenters. The maximum atomic E-state index is 12.6. The zero-order valence-electron chi connectivity index (χ0n) is 11.0. The Balaban J connectivity index is 2.02. The molecule has 4 nitrogen and oxygen atoms in total. The molecule has 0 bridgehead atoms. The van der Waals surface area contributed by atoms with E-state index in [1.54, 1.807) is 7.11 Å². The molecule has 0 aromatic carbocycles. The zero-order valence-corrected chi connectivity index (χ0v) is 11.0. The van der Waals surface area contributed by atoms with Gasteiger partial charge in [-0.15, -0.1) is 0 Å². The topological polar surface area (TPSA) is 41.6 Å². The van der Waals surface area contributed by atoms with Gasteiger partial charge in [0.2, 0.25) is 5.91 Å². The molecule has 2 aliphatic heterocycles. The lowest BCUT2D eigenvalue weighted by atomic mass is 9.86. The van der Waals surface area contributed by atoms with Crippen molar-refractivity contribution < 1.29 is 9.53 Å². The summed E-state index contributed by atoms with van der Waals surface area (Å²) in [5.41, 5.74) is -0.294. The molecule has 2 heterocycles. The minimum atomic E-state index is -0.294. The predicted octanol–water partition coefficient (Wildman–Crippen LogP) is 0.871. The maximum Gasteiger partial charge on any atom is 0.232 e. The van der Waals surface area contributed by atoms with Crippen LogP contribution in [-0.4, -0.2) is 50.7 Å². The highest BCUT2D eigenvalue weighted by Crippen LogP contribution is 2.31. The minimum Gasteiger partial charge on any atom is -0.384 e. The van der Waals surface area contributed by atoms with E-state index in [4.69, 9.17) is 4.74 Å². The molecule has 2 fully saturated rings. The standard InChI is InChI=1S/C13H24N2O2/c1-3-11-4-7-15(8-11)12(16)13(10-17-2)5-6-14-9-13/h11,14H,3-10H2,1-2H3. The minimum absolute atomic E-state index is 0.294. The molecular formula is C13H24N2O2. The van der Waals surface area contributed by atoms with E-state index in [2.05, 4.69) is 17.1 Å². The molecule has 98 valence electrons. The number of ether oxygens (including phenoxy) is 1. The third kappa shape index (κ3) is 2.47. The summed E-state index contributed by atoms with van der Waals surface area (Å²) in [6.45, 7) is 6.34. The van der Waals surface area contributed by atoms with E-state index in [1.807, 2.05) is 0 Å². The van der Waals surface area contributed by atoms with E-state index in [-0.39, 0.29) is 5.41 Å². The Kier molecular flexibility index (Phi) is 4.05. The van der Waals surface area contributed by atoms with Gasteiger partial charge in [0.25, 0.3) is 0 Å². The number of hydrogen-bond acceptors (Lipinski definition) is 3. The van der Waals surface area contributed by atoms with Crippen LogP contribution in [0.5, 0.6) is 0 Å². The molecule has 2 saturated heterocycles. The van der Waals surface area contributed by atoms with Crippen LogP contribution >= 0.6 is 0 Å². The number of amides is 1. The molecule has 2 aliphatic rings. The van der Waals surface area contributed by atoms with E-state index in [0.717, 1.165) is 32.6 Å². The summed E-state index contributed by atoms with van der Waals surface area (Å²) in [5, 5.41) is 3.30. The Morgan fingerprint density at radius 2 is 2.41 bits per heavy atom. The van der Waals surface area contributed by atoms with Gasteiger partial charge in [0.1, 0.15) is 0 Å². The van der Waals surface area contributed by atoms with E-state index in [9.17, 15) is 4.79 Å². The van der Waals surface area contributed by atoms with Crippen molar-refractivity contribution >= 4 is 5.91 Å². The van der Waals surface area contributed by atoms with Crippen LogP contribution < -0.4 is 5.32 Å². The van der Waals surface area contributed by atoms with Gasteiger partial charge in [-0.25, -0.2) is 0 Å². The quantitative estimate of drug-likeness (QED) is 0.793. The third-order valence-corrected chi connectivity index (χ3v) is 4.27. The highest BCUT2D eigenvalue weighted by atomic mass is 16.5. The van der Waals surface area contributed by atoms with Gasteiger partial charge in [-0.05, 0) is 25.3 Å². The molecule has 0 aliphatic carbocycles. The Bertz CT molecular complexity index is 275. The maximum absolute atomic E-state index is 12.6. The Hall–Kier alpha value is -0.610. The fraction of sp³-hybridized carbons (Fsp3) is 0.923. The first-order valence-electron chi connectivity index (χ1n) is 6.71. The van der Waals surface area contributed by atoms with Gasteiger partial charge in [0.15, 0.2) is 0 Å². The van der Waals surface area contributed by atoms with Crippen LogP contribution in [0.4, 0.5) is 0 Å². The number of carbonyl (C=O) groups is 1. The second kappa shape index (κ2) is 5.36. The Morgan fingerprint density at radius 1 is 1.59 bits per heavy atom. The third-order valence-electron chi connectivity index (χ3n) is 4.27. The molecule has 2 unspecified atom stereocenters. The molecule has 4 heteroatoms. The fourth-order valence-electron chi connectivity index (χ4n) is 3.07. The van der Waals surface area contributed by atoms with E-state index < -0.39 is 0 Å². The van der Waals surface area contributed by atoms with E-state index in [0.29, 0.717) is 18.4 Å². The summed E-state index contributed by atoms with van der Waals surface area (Å²) in [6.07, 6.45) is 3.25. The van der Waals surface area contributed by atoms with Crippen LogP contribution in [-0.2, 0) is 9.53 Å². The molecule has 0 aromatic heterocycles. The first-order valence-corrected chi connectivity index (χ1v) is 6.71. The Labute approximate surface area is 104 Å². The molecule has 0 saturated carbocycles. The van der Waals surface area contributed by atoms with Gasteiger partial charge in [-0.3, -0.25) is 4.79 Å². The van der Waals surface area contributed by atoms with Crippen LogP contribution in [0.25, 0.3) is 0 Å². The lowest BCUT2D eigenvalue weighted by Crippen LogP contribution is -2.47. The average Bonchev–Trinajstić information content (AvgIpc) is 2.97. The lowest BCUT2D eigenvalue weighted by Gasteiger charge is -2.31. The normalized spacial score (nSPS) is 33.3. The first-order chi connectivity index (χ1) is 8.22. The van der Waals surface area contributed by atoms with Gasteiger partial charge in [0, 0.05) is 26.7 Å². The Morgan fingerprint density at radius 3 is 2.94 bits per heavy atom. The number of rotatable bonds is 4. The van der Waals surface area contributed by atoms with E-state index in [1.165, 1.54) is 12.8 Å². The van der Waals surface area contributed by atoms with Crippen molar-refractivity contribution in [1.29, 1.82) is 0 Å². The van der Waals surface area contributed by atoms with Crippen molar-refractivity contribution in [3.8, 4) is 0 Å². The monoisotopic (exact) mass is 240 g/mol. The van der Waals surface area contributed by atoms with Gasteiger partial charge >= 0.3 is 0 Å². The largest absolute Gasteiger partial charge is 0.384 e. The molecule has 0 aromatic rings. The number of hydrogen-bond donors (Lipinski definition) is 1. The average molecular weight is 240 g/mol. The first kappa shape index (κ1) is 12.8. The molecule has 0 radical (unpaired) electrons. The van der Waals surface area contributed by atoms with E-state index >= 15 is 0 Å². The summed E-state index contributed by atoms with van der Waals surface area (Å²) in [5.74, 6) is 1.01. The van der Waals surface area contributed by atoms with Gasteiger partial charge in [-0.2, -0.15) is 0 Å². The van der Waals surface area contributed by atoms with Crippen molar-refractivity contribution in [2.75, 3.05) is 39.9 Å². The van der Waals surface area contributed by atoms with Crippen LogP contribution in [0.15, 0.2) is 0 Å². The van der Waals surface area contributed by atoms with Crippen LogP contribution in [0, 0.1) is 11.3 Å². The summed E-state index contributed by atoms with van der Waals surface area (Å²) >= 11 is 0. The summed E-state index contributed by atoms with van der Waals surface area (Å²) in [4.78, 5) is 14.7. The second-order valence-electron chi connectivity index (χ2n) is 5.45. The molecule has 17 heavy (non-hydrogen) atoms.